The molecule has 1 aliphatic rings. The monoisotopic (exact) mass is 269 g/mol. The van der Waals surface area contributed by atoms with Gasteiger partial charge in [0.15, 0.2) is 0 Å². The van der Waals surface area contributed by atoms with Crippen molar-refractivity contribution in [3.8, 4) is 0 Å². The van der Waals surface area contributed by atoms with Crippen LogP contribution in [0.25, 0.3) is 0 Å². The number of nitrogens with one attached hydrogen (secondary N) is 1. The van der Waals surface area contributed by atoms with Crippen molar-refractivity contribution >= 4 is 5.97 Å². The molecule has 1 saturated carbocycles. The maximum atomic E-state index is 12.4. The van der Waals surface area contributed by atoms with Gasteiger partial charge in [-0.1, -0.05) is 33.6 Å². The summed E-state index contributed by atoms with van der Waals surface area (Å²) in [5.74, 6) is 1.43. The lowest BCUT2D eigenvalue weighted by Gasteiger charge is -2.31. The molecule has 0 amide bonds. The third-order valence-electron chi connectivity index (χ3n) is 4.44. The van der Waals surface area contributed by atoms with Crippen LogP contribution in [-0.2, 0) is 9.53 Å². The van der Waals surface area contributed by atoms with Crippen molar-refractivity contribution < 1.29 is 9.53 Å². The van der Waals surface area contributed by atoms with Gasteiger partial charge < -0.3 is 10.1 Å². The topological polar surface area (TPSA) is 38.3 Å². The SMILES string of the molecule is CCCNC1(C(=O)OCC)CCCC(C(C)C)CC1. The normalized spacial score (nSPS) is 28.2. The smallest absolute Gasteiger partial charge is 0.326 e. The van der Waals surface area contributed by atoms with Crippen molar-refractivity contribution in [1.29, 1.82) is 0 Å². The molecule has 0 heterocycles. The number of esters is 1. The number of hydrogen-bond donors (Lipinski definition) is 1. The molecule has 0 aromatic heterocycles. The van der Waals surface area contributed by atoms with E-state index in [1.54, 1.807) is 0 Å². The quantitative estimate of drug-likeness (QED) is 0.592. The Labute approximate surface area is 118 Å². The Morgan fingerprint density at radius 3 is 2.63 bits per heavy atom. The second-order valence-electron chi connectivity index (χ2n) is 6.16. The van der Waals surface area contributed by atoms with E-state index < -0.39 is 5.54 Å². The zero-order valence-electron chi connectivity index (χ0n) is 13.1. The van der Waals surface area contributed by atoms with Crippen LogP contribution in [-0.4, -0.2) is 24.7 Å². The van der Waals surface area contributed by atoms with E-state index in [-0.39, 0.29) is 5.97 Å². The summed E-state index contributed by atoms with van der Waals surface area (Å²) in [6, 6.07) is 0. The van der Waals surface area contributed by atoms with Crippen LogP contribution in [0.1, 0.15) is 66.2 Å². The molecular formula is C16H31NO2. The van der Waals surface area contributed by atoms with Crippen LogP contribution < -0.4 is 5.32 Å². The summed E-state index contributed by atoms with van der Waals surface area (Å²) < 4.78 is 5.33. The molecule has 0 saturated heterocycles. The van der Waals surface area contributed by atoms with E-state index in [4.69, 9.17) is 4.74 Å². The summed E-state index contributed by atoms with van der Waals surface area (Å²) >= 11 is 0. The molecule has 0 radical (unpaired) electrons. The minimum atomic E-state index is -0.421. The van der Waals surface area contributed by atoms with Gasteiger partial charge >= 0.3 is 5.97 Å². The summed E-state index contributed by atoms with van der Waals surface area (Å²) in [5, 5.41) is 3.49. The predicted octanol–water partition coefficient (Wildman–Crippen LogP) is 3.52. The van der Waals surface area contributed by atoms with Gasteiger partial charge in [0.05, 0.1) is 6.61 Å². The maximum absolute atomic E-state index is 12.4. The van der Waals surface area contributed by atoms with Gasteiger partial charge in [0.2, 0.25) is 0 Å². The van der Waals surface area contributed by atoms with Crippen LogP contribution in [0.2, 0.25) is 0 Å². The standard InChI is InChI=1S/C16H31NO2/c1-5-12-17-16(15(18)19-6-2)10-7-8-14(9-11-16)13(3)4/h13-14,17H,5-12H2,1-4H3. The average molecular weight is 269 g/mol. The molecule has 0 aliphatic heterocycles. The number of carbonyl (C=O) groups excluding carboxylic acids is 1. The molecule has 19 heavy (non-hydrogen) atoms. The van der Waals surface area contributed by atoms with Crippen molar-refractivity contribution in [2.75, 3.05) is 13.2 Å². The van der Waals surface area contributed by atoms with Crippen LogP contribution in [0.5, 0.6) is 0 Å². The molecule has 3 heteroatoms. The van der Waals surface area contributed by atoms with Gasteiger partial charge in [-0.3, -0.25) is 4.79 Å². The molecule has 1 fully saturated rings. The Kier molecular flexibility index (Phi) is 6.84. The molecule has 1 aliphatic carbocycles. The zero-order chi connectivity index (χ0) is 14.3. The molecular weight excluding hydrogens is 238 g/mol. The Bertz CT molecular complexity index is 278. The van der Waals surface area contributed by atoms with Gasteiger partial charge in [0.25, 0.3) is 0 Å². The molecule has 0 spiro atoms. The number of hydrogen-bond acceptors (Lipinski definition) is 3. The summed E-state index contributed by atoms with van der Waals surface area (Å²) in [5.41, 5.74) is -0.421. The van der Waals surface area contributed by atoms with Crippen LogP contribution >= 0.6 is 0 Å². The van der Waals surface area contributed by atoms with Crippen LogP contribution in [0.15, 0.2) is 0 Å². The first-order valence-electron chi connectivity index (χ1n) is 7.98. The van der Waals surface area contributed by atoms with Gasteiger partial charge in [0.1, 0.15) is 5.54 Å². The zero-order valence-corrected chi connectivity index (χ0v) is 13.1. The molecule has 0 aromatic rings. The van der Waals surface area contributed by atoms with E-state index in [1.165, 1.54) is 6.42 Å². The van der Waals surface area contributed by atoms with E-state index in [0.717, 1.165) is 44.6 Å². The molecule has 1 N–H and O–H groups in total. The summed E-state index contributed by atoms with van der Waals surface area (Å²) in [6.45, 7) is 9.98. The molecule has 0 aromatic carbocycles. The molecule has 3 nitrogen and oxygen atoms in total. The van der Waals surface area contributed by atoms with Gasteiger partial charge in [-0.25, -0.2) is 0 Å². The van der Waals surface area contributed by atoms with Crippen molar-refractivity contribution in [2.45, 2.75) is 71.8 Å². The molecule has 0 bridgehead atoms. The second-order valence-corrected chi connectivity index (χ2v) is 6.16. The predicted molar refractivity (Wildman–Crippen MR) is 79.1 cm³/mol. The minimum Gasteiger partial charge on any atom is -0.465 e. The highest BCUT2D eigenvalue weighted by atomic mass is 16.5. The third kappa shape index (κ3) is 4.48. The van der Waals surface area contributed by atoms with Crippen LogP contribution in [0, 0.1) is 11.8 Å². The van der Waals surface area contributed by atoms with Crippen molar-refractivity contribution in [3.63, 3.8) is 0 Å². The van der Waals surface area contributed by atoms with E-state index in [9.17, 15) is 4.79 Å². The minimum absolute atomic E-state index is 0.0344. The average Bonchev–Trinajstić information content (AvgIpc) is 2.60. The number of carbonyl (C=O) groups is 1. The fourth-order valence-electron chi connectivity index (χ4n) is 3.12. The molecule has 112 valence electrons. The van der Waals surface area contributed by atoms with Gasteiger partial charge in [-0.15, -0.1) is 0 Å². The lowest BCUT2D eigenvalue weighted by atomic mass is 9.86. The Morgan fingerprint density at radius 2 is 2.05 bits per heavy atom. The van der Waals surface area contributed by atoms with E-state index in [2.05, 4.69) is 26.1 Å². The fourth-order valence-corrected chi connectivity index (χ4v) is 3.12. The Balaban J connectivity index is 2.76. The van der Waals surface area contributed by atoms with Crippen LogP contribution in [0.4, 0.5) is 0 Å². The second kappa shape index (κ2) is 7.88. The first-order chi connectivity index (χ1) is 9.05. The van der Waals surface area contributed by atoms with E-state index in [0.29, 0.717) is 12.5 Å². The number of rotatable bonds is 6. The van der Waals surface area contributed by atoms with Crippen LogP contribution in [0.3, 0.4) is 0 Å². The van der Waals surface area contributed by atoms with Crippen molar-refractivity contribution in [3.05, 3.63) is 0 Å². The lowest BCUT2D eigenvalue weighted by molar-refractivity contribution is -0.152. The highest BCUT2D eigenvalue weighted by Gasteiger charge is 2.41. The highest BCUT2D eigenvalue weighted by Crippen LogP contribution is 2.34. The largest absolute Gasteiger partial charge is 0.465 e. The van der Waals surface area contributed by atoms with Crippen molar-refractivity contribution in [1.82, 2.24) is 5.32 Å². The van der Waals surface area contributed by atoms with E-state index in [1.807, 2.05) is 6.92 Å². The first kappa shape index (κ1) is 16.5. The van der Waals surface area contributed by atoms with Crippen molar-refractivity contribution in [2.24, 2.45) is 11.8 Å². The summed E-state index contributed by atoms with van der Waals surface area (Å²) in [6.07, 6.45) is 6.40. The van der Waals surface area contributed by atoms with E-state index >= 15 is 0 Å². The lowest BCUT2D eigenvalue weighted by Crippen LogP contribution is -2.53. The highest BCUT2D eigenvalue weighted by molar-refractivity contribution is 5.80. The Hall–Kier alpha value is -0.570. The first-order valence-corrected chi connectivity index (χ1v) is 7.98. The number of ether oxygens (including phenoxy) is 1. The van der Waals surface area contributed by atoms with Gasteiger partial charge in [0, 0.05) is 0 Å². The summed E-state index contributed by atoms with van der Waals surface area (Å²) in [4.78, 5) is 12.4. The summed E-state index contributed by atoms with van der Waals surface area (Å²) in [7, 11) is 0. The van der Waals surface area contributed by atoms with Gasteiger partial charge in [-0.05, 0) is 51.0 Å². The molecule has 1 rings (SSSR count). The fraction of sp³-hybridized carbons (Fsp3) is 0.938. The van der Waals surface area contributed by atoms with Gasteiger partial charge in [-0.2, -0.15) is 0 Å². The molecule has 2 atom stereocenters. The Morgan fingerprint density at radius 1 is 1.32 bits per heavy atom. The maximum Gasteiger partial charge on any atom is 0.326 e. The third-order valence-corrected chi connectivity index (χ3v) is 4.44. The molecule has 2 unspecified atom stereocenters.